The third kappa shape index (κ3) is 25.3. The Morgan fingerprint density at radius 3 is 2.13 bits per heavy atom. The number of aryl methyl sites for hydroxylation is 1. The molecule has 10 atom stereocenters. The Hall–Kier alpha value is -6.55. The molecule has 1 saturated heterocycles. The highest BCUT2D eigenvalue weighted by Crippen LogP contribution is 2.32. The maximum absolute atomic E-state index is 14.7. The number of unbranched alkanes of at least 4 members (excludes halogenated alkanes) is 1. The minimum atomic E-state index is -1.30. The highest BCUT2D eigenvalue weighted by atomic mass is 32.2. The number of ketones is 1. The number of alkyl carbamates (subject to hydrolysis) is 1. The lowest BCUT2D eigenvalue weighted by Gasteiger charge is -2.38. The number of methoxy groups -OCH3 is 1. The summed E-state index contributed by atoms with van der Waals surface area (Å²) >= 11 is 2.33. The summed E-state index contributed by atoms with van der Waals surface area (Å²) in [5.74, 6) is -4.51. The van der Waals surface area contributed by atoms with Crippen molar-refractivity contribution in [2.45, 2.75) is 199 Å². The number of hydrogen-bond acceptors (Lipinski definition) is 19. The second kappa shape index (κ2) is 39.0. The first-order valence-corrected chi connectivity index (χ1v) is 33.1. The number of imide groups is 1. The number of rotatable bonds is 42. The van der Waals surface area contributed by atoms with E-state index in [1.807, 2.05) is 58.9 Å². The molecule has 90 heavy (non-hydrogen) atoms. The Balaban J connectivity index is 1.84. The molecule has 2 aromatic rings. The van der Waals surface area contributed by atoms with E-state index < -0.39 is 83.1 Å². The van der Waals surface area contributed by atoms with Gasteiger partial charge in [0.25, 0.3) is 12.4 Å². The summed E-state index contributed by atoms with van der Waals surface area (Å²) in [6.45, 7) is 19.1. The van der Waals surface area contributed by atoms with Gasteiger partial charge in [-0.2, -0.15) is 11.8 Å². The molecule has 0 radical (unpaired) electrons. The standard InChI is InChI=1S/C63H100N10O15S2/c1-16-40(5)54(70-61(83)63(9,10)71(11)12)60(82)72(13)48(38(2)3)34-50(58-69-47(36-90-58)57(80)67-45(32-41(6)87-37-74)33-44-24-22-39(4)23-25-44)88-62(84)66-43(8)55(78)65-42(7)56(79)68-46(49(75)21-19-29-86-31-30-85-14)20-17-18-27-64-52(76)26-28-73-53(77)35-51(89-15)59(73)81/h22-25,36-38,40-43,45-46,48,50-51,54H,16-21,26-35H2,1-15H3,(H,64,76)(H,65,78)(H,66,84)(H,67,80)(H,68,79)(H,70,83)/t40?,41?,42?,43?,45-,46?,48-,50-,51?,54+/m1/s1. The van der Waals surface area contributed by atoms with Crippen molar-refractivity contribution in [3.8, 4) is 0 Å². The van der Waals surface area contributed by atoms with E-state index in [0.29, 0.717) is 51.8 Å². The minimum absolute atomic E-state index is 0.00365. The van der Waals surface area contributed by atoms with Gasteiger partial charge in [-0.15, -0.1) is 11.3 Å². The van der Waals surface area contributed by atoms with E-state index in [9.17, 15) is 52.7 Å². The van der Waals surface area contributed by atoms with Gasteiger partial charge >= 0.3 is 6.09 Å². The Labute approximate surface area is 539 Å². The summed E-state index contributed by atoms with van der Waals surface area (Å²) in [6, 6.07) is 2.28. The van der Waals surface area contributed by atoms with E-state index >= 15 is 0 Å². The number of Topliss-reactive ketones (excluding diaryl/α,β-unsaturated/α-hetero) is 1. The van der Waals surface area contributed by atoms with Crippen LogP contribution in [0.5, 0.6) is 0 Å². The summed E-state index contributed by atoms with van der Waals surface area (Å²) in [6.07, 6.45) is 1.68. The number of amides is 9. The number of aromatic nitrogens is 1. The molecule has 27 heteroatoms. The number of likely N-dealkylation sites (N-methyl/N-ethyl adjacent to an activating group) is 2. The lowest BCUT2D eigenvalue weighted by atomic mass is 9.92. The molecule has 1 aromatic heterocycles. The number of hydrogen-bond donors (Lipinski definition) is 6. The van der Waals surface area contributed by atoms with Gasteiger partial charge < -0.3 is 55.7 Å². The summed E-state index contributed by atoms with van der Waals surface area (Å²) < 4.78 is 21.8. The molecule has 504 valence electrons. The second-order valence-corrected chi connectivity index (χ2v) is 26.1. The first-order chi connectivity index (χ1) is 42.5. The summed E-state index contributed by atoms with van der Waals surface area (Å²) in [5.41, 5.74) is 1.04. The van der Waals surface area contributed by atoms with Gasteiger partial charge in [-0.05, 0) is 111 Å². The molecule has 6 unspecified atom stereocenters. The number of likely N-dealkylation sites (tertiary alicyclic amines) is 1. The fraction of sp³-hybridized carbons (Fsp3) is 0.683. The molecule has 3 rings (SSSR count). The van der Waals surface area contributed by atoms with Gasteiger partial charge in [0, 0.05) is 83.4 Å². The number of nitrogens with zero attached hydrogens (tertiary/aromatic N) is 4. The predicted molar refractivity (Wildman–Crippen MR) is 343 cm³/mol. The van der Waals surface area contributed by atoms with Gasteiger partial charge in [0.1, 0.15) is 34.9 Å². The third-order valence-electron chi connectivity index (χ3n) is 16.3. The van der Waals surface area contributed by atoms with Crippen molar-refractivity contribution in [3.63, 3.8) is 0 Å². The van der Waals surface area contributed by atoms with Crippen molar-refractivity contribution in [1.29, 1.82) is 0 Å². The summed E-state index contributed by atoms with van der Waals surface area (Å²) in [4.78, 5) is 155. The van der Waals surface area contributed by atoms with Crippen LogP contribution in [0.2, 0.25) is 0 Å². The maximum Gasteiger partial charge on any atom is 0.408 e. The van der Waals surface area contributed by atoms with E-state index in [0.717, 1.165) is 27.4 Å². The van der Waals surface area contributed by atoms with Gasteiger partial charge in [0.15, 0.2) is 11.9 Å². The molecule has 25 nitrogen and oxygen atoms in total. The zero-order chi connectivity index (χ0) is 67.4. The average molecular weight is 1300 g/mol. The Morgan fingerprint density at radius 2 is 1.52 bits per heavy atom. The van der Waals surface area contributed by atoms with E-state index in [2.05, 4.69) is 36.9 Å². The number of thiazole rings is 1. The summed E-state index contributed by atoms with van der Waals surface area (Å²) in [5, 5.41) is 18.0. The number of nitrogens with one attached hydrogen (secondary N) is 6. The van der Waals surface area contributed by atoms with E-state index in [1.165, 1.54) is 35.9 Å². The molecular weight excluding hydrogens is 1200 g/mol. The quantitative estimate of drug-likeness (QED) is 0.0295. The van der Waals surface area contributed by atoms with Crippen molar-refractivity contribution in [3.05, 3.63) is 51.5 Å². The van der Waals surface area contributed by atoms with Crippen LogP contribution < -0.4 is 31.9 Å². The molecule has 1 aliphatic rings. The molecule has 1 fully saturated rings. The van der Waals surface area contributed by atoms with E-state index in [4.69, 9.17) is 18.9 Å². The van der Waals surface area contributed by atoms with Gasteiger partial charge in [-0.1, -0.05) is 63.9 Å². The third-order valence-corrected chi connectivity index (χ3v) is 18.1. The van der Waals surface area contributed by atoms with Crippen molar-refractivity contribution in [1.82, 2.24) is 51.6 Å². The zero-order valence-electron chi connectivity index (χ0n) is 55.4. The smallest absolute Gasteiger partial charge is 0.408 e. The predicted octanol–water partition coefficient (Wildman–Crippen LogP) is 4.81. The van der Waals surface area contributed by atoms with E-state index in [-0.39, 0.29) is 116 Å². The highest BCUT2D eigenvalue weighted by molar-refractivity contribution is 8.00. The molecule has 0 saturated carbocycles. The number of benzene rings is 1. The van der Waals surface area contributed by atoms with Crippen LogP contribution in [0, 0.1) is 18.8 Å². The Morgan fingerprint density at radius 1 is 0.856 bits per heavy atom. The number of carbonyl (C=O) groups excluding carboxylic acids is 11. The first kappa shape index (κ1) is 77.7. The van der Waals surface area contributed by atoms with Gasteiger partial charge in [-0.3, -0.25) is 57.7 Å². The second-order valence-electron chi connectivity index (χ2n) is 24.1. The minimum Gasteiger partial charge on any atom is -0.465 e. The molecule has 6 N–H and O–H groups in total. The van der Waals surface area contributed by atoms with Crippen LogP contribution >= 0.6 is 23.1 Å². The largest absolute Gasteiger partial charge is 0.465 e. The van der Waals surface area contributed by atoms with Crippen LogP contribution in [0.25, 0.3) is 0 Å². The SMILES string of the molecule is CCC(C)[C@H](NC(=O)C(C)(C)N(C)C)C(=O)N(C)[C@H](C[C@@H](OC(=O)NC(C)C(=O)NC(C)C(=O)NC(CCCCNC(=O)CCN1C(=O)CC(SC)C1=O)C(=O)CCCOCCOC)c1nc(C(=O)N[C@@H](Cc2ccc(C)cc2)CC(C)OC=O)cs1)C(C)C. The first-order valence-electron chi connectivity index (χ1n) is 31.0. The Bertz CT molecular complexity index is 2690. The molecular formula is C63H100N10O15S2. The number of ether oxygens (including phenoxy) is 4. The fourth-order valence-electron chi connectivity index (χ4n) is 9.70. The van der Waals surface area contributed by atoms with Gasteiger partial charge in [-0.25, -0.2) is 9.78 Å². The van der Waals surface area contributed by atoms with Crippen molar-refractivity contribution in [2.75, 3.05) is 67.4 Å². The van der Waals surface area contributed by atoms with Crippen LogP contribution in [0.1, 0.15) is 159 Å². The monoisotopic (exact) mass is 1300 g/mol. The van der Waals surface area contributed by atoms with Crippen LogP contribution in [0.15, 0.2) is 29.6 Å². The maximum atomic E-state index is 14.7. The highest BCUT2D eigenvalue weighted by Gasteiger charge is 2.40. The van der Waals surface area contributed by atoms with Crippen LogP contribution in [-0.4, -0.2) is 206 Å². The molecule has 9 amide bonds. The number of thioether (sulfide) groups is 1. The Kier molecular flexibility index (Phi) is 33.7. The fourth-order valence-corrected chi connectivity index (χ4v) is 11.2. The average Bonchev–Trinajstić information content (AvgIpc) is 1.42. The lowest BCUT2D eigenvalue weighted by molar-refractivity contribution is -0.142. The van der Waals surface area contributed by atoms with Crippen LogP contribution in [0.4, 0.5) is 4.79 Å². The van der Waals surface area contributed by atoms with Crippen LogP contribution in [0.3, 0.4) is 0 Å². The van der Waals surface area contributed by atoms with Gasteiger partial charge in [0.05, 0.1) is 30.0 Å². The van der Waals surface area contributed by atoms with E-state index in [1.54, 1.807) is 60.2 Å². The molecule has 0 bridgehead atoms. The topological polar surface area (TPSA) is 319 Å². The van der Waals surface area contributed by atoms with Gasteiger partial charge in [0.2, 0.25) is 41.4 Å². The van der Waals surface area contributed by atoms with Crippen LogP contribution in [-0.2, 0) is 68.5 Å². The summed E-state index contributed by atoms with van der Waals surface area (Å²) in [7, 11) is 6.71. The van der Waals surface area contributed by atoms with Crippen molar-refractivity contribution < 1.29 is 71.7 Å². The normalized spacial score (nSPS) is 16.4. The lowest BCUT2D eigenvalue weighted by Crippen LogP contribution is -2.60. The molecule has 2 heterocycles. The molecule has 0 aliphatic carbocycles. The molecule has 0 spiro atoms. The van der Waals surface area contributed by atoms with Crippen molar-refractivity contribution in [2.24, 2.45) is 11.8 Å². The molecule has 1 aromatic carbocycles. The molecule has 1 aliphatic heterocycles. The number of carbonyl (C=O) groups is 11. The van der Waals surface area contributed by atoms with Crippen molar-refractivity contribution >= 4 is 88.7 Å². The zero-order valence-corrected chi connectivity index (χ0v) is 57.0.